The van der Waals surface area contributed by atoms with Crippen LogP contribution in [0.2, 0.25) is 0 Å². The van der Waals surface area contributed by atoms with E-state index in [-0.39, 0.29) is 0 Å². The molecule has 0 aliphatic rings. The van der Waals surface area contributed by atoms with Crippen molar-refractivity contribution in [1.29, 1.82) is 0 Å². The molecule has 0 atom stereocenters. The van der Waals surface area contributed by atoms with Gasteiger partial charge in [0, 0.05) is 18.3 Å². The van der Waals surface area contributed by atoms with Gasteiger partial charge in [0.2, 0.25) is 5.88 Å². The van der Waals surface area contributed by atoms with Gasteiger partial charge < -0.3 is 10.1 Å². The molecule has 0 aromatic carbocycles. The molecule has 3 aromatic heterocycles. The van der Waals surface area contributed by atoms with Gasteiger partial charge in [-0.25, -0.2) is 4.52 Å². The Kier molecular flexibility index (Phi) is 2.97. The molecule has 0 bridgehead atoms. The molecule has 0 aliphatic heterocycles. The quantitative estimate of drug-likeness (QED) is 0.769. The van der Waals surface area contributed by atoms with Gasteiger partial charge in [-0.1, -0.05) is 6.07 Å². The summed E-state index contributed by atoms with van der Waals surface area (Å²) in [6, 6.07) is 5.97. The maximum Gasteiger partial charge on any atom is 0.233 e. The third-order valence-electron chi connectivity index (χ3n) is 2.79. The zero-order valence-corrected chi connectivity index (χ0v) is 10.4. The molecule has 96 valence electrons. The van der Waals surface area contributed by atoms with E-state index in [2.05, 4.69) is 20.4 Å². The molecular weight excluding hydrogens is 242 g/mol. The fourth-order valence-electron chi connectivity index (χ4n) is 1.84. The molecule has 6 heteroatoms. The Morgan fingerprint density at radius 1 is 1.26 bits per heavy atom. The summed E-state index contributed by atoms with van der Waals surface area (Å²) in [6.45, 7) is 0.634. The third-order valence-corrected chi connectivity index (χ3v) is 2.79. The summed E-state index contributed by atoms with van der Waals surface area (Å²) in [7, 11) is 1.57. The zero-order valence-electron chi connectivity index (χ0n) is 10.4. The van der Waals surface area contributed by atoms with Crippen LogP contribution in [0.25, 0.3) is 5.52 Å². The van der Waals surface area contributed by atoms with Crippen LogP contribution in [0, 0.1) is 0 Å². The van der Waals surface area contributed by atoms with E-state index in [1.165, 1.54) is 0 Å². The van der Waals surface area contributed by atoms with Gasteiger partial charge in [0.25, 0.3) is 0 Å². The van der Waals surface area contributed by atoms with E-state index in [1.54, 1.807) is 19.5 Å². The summed E-state index contributed by atoms with van der Waals surface area (Å²) >= 11 is 0. The predicted octanol–water partition coefficient (Wildman–Crippen LogP) is 1.74. The van der Waals surface area contributed by atoms with Crippen molar-refractivity contribution in [2.45, 2.75) is 6.54 Å². The third kappa shape index (κ3) is 2.33. The maximum absolute atomic E-state index is 5.03. The van der Waals surface area contributed by atoms with Gasteiger partial charge in [0.05, 0.1) is 31.2 Å². The maximum atomic E-state index is 5.03. The Bertz CT molecular complexity index is 694. The lowest BCUT2D eigenvalue weighted by Gasteiger charge is -2.05. The SMILES string of the molecule is COc1cncc(NCc2cnn3ccccc23)n1. The number of fused-ring (bicyclic) bond motifs is 1. The van der Waals surface area contributed by atoms with Crippen LogP contribution in [0.3, 0.4) is 0 Å². The normalized spacial score (nSPS) is 10.6. The summed E-state index contributed by atoms with van der Waals surface area (Å²) < 4.78 is 6.87. The highest BCUT2D eigenvalue weighted by Crippen LogP contribution is 2.13. The number of pyridine rings is 1. The van der Waals surface area contributed by atoms with E-state index in [0.29, 0.717) is 18.2 Å². The van der Waals surface area contributed by atoms with E-state index in [9.17, 15) is 0 Å². The van der Waals surface area contributed by atoms with Gasteiger partial charge in [-0.05, 0) is 12.1 Å². The largest absolute Gasteiger partial charge is 0.480 e. The Morgan fingerprint density at radius 2 is 2.21 bits per heavy atom. The van der Waals surface area contributed by atoms with Crippen LogP contribution in [-0.2, 0) is 6.54 Å². The van der Waals surface area contributed by atoms with Gasteiger partial charge >= 0.3 is 0 Å². The lowest BCUT2D eigenvalue weighted by atomic mass is 10.2. The first-order valence-corrected chi connectivity index (χ1v) is 5.88. The highest BCUT2D eigenvalue weighted by Gasteiger charge is 2.04. The molecule has 0 unspecified atom stereocenters. The molecule has 3 rings (SSSR count). The number of ether oxygens (including phenoxy) is 1. The number of aromatic nitrogens is 4. The summed E-state index contributed by atoms with van der Waals surface area (Å²) in [4.78, 5) is 8.29. The van der Waals surface area contributed by atoms with Gasteiger partial charge in [-0.15, -0.1) is 0 Å². The minimum Gasteiger partial charge on any atom is -0.480 e. The average molecular weight is 255 g/mol. The number of rotatable bonds is 4. The lowest BCUT2D eigenvalue weighted by molar-refractivity contribution is 0.396. The Labute approximate surface area is 110 Å². The molecule has 19 heavy (non-hydrogen) atoms. The number of methoxy groups -OCH3 is 1. The van der Waals surface area contributed by atoms with E-state index in [1.807, 2.05) is 35.1 Å². The summed E-state index contributed by atoms with van der Waals surface area (Å²) in [5.74, 6) is 1.17. The van der Waals surface area contributed by atoms with Crippen molar-refractivity contribution in [2.24, 2.45) is 0 Å². The van der Waals surface area contributed by atoms with E-state index < -0.39 is 0 Å². The molecule has 3 aromatic rings. The number of nitrogens with one attached hydrogen (secondary N) is 1. The van der Waals surface area contributed by atoms with E-state index in [0.717, 1.165) is 11.1 Å². The van der Waals surface area contributed by atoms with Gasteiger partial charge in [0.1, 0.15) is 5.82 Å². The van der Waals surface area contributed by atoms with Crippen molar-refractivity contribution in [3.8, 4) is 5.88 Å². The van der Waals surface area contributed by atoms with Crippen LogP contribution in [0.5, 0.6) is 5.88 Å². The van der Waals surface area contributed by atoms with Crippen LogP contribution >= 0.6 is 0 Å². The molecule has 3 heterocycles. The molecule has 0 aliphatic carbocycles. The Morgan fingerprint density at radius 3 is 3.11 bits per heavy atom. The molecule has 6 nitrogen and oxygen atoms in total. The van der Waals surface area contributed by atoms with Crippen molar-refractivity contribution < 1.29 is 4.74 Å². The second-order valence-electron chi connectivity index (χ2n) is 4.00. The first-order chi connectivity index (χ1) is 9.36. The Balaban J connectivity index is 1.78. The molecule has 1 N–H and O–H groups in total. The van der Waals surface area contributed by atoms with Crippen LogP contribution in [0.1, 0.15) is 5.56 Å². The fraction of sp³-hybridized carbons (Fsp3) is 0.154. The standard InChI is InChI=1S/C13H13N5O/c1-19-13-9-14-8-12(17-13)15-6-10-7-16-18-5-3-2-4-11(10)18/h2-5,7-9H,6H2,1H3,(H,15,17). The first kappa shape index (κ1) is 11.5. The minimum absolute atomic E-state index is 0.491. The lowest BCUT2D eigenvalue weighted by Crippen LogP contribution is -2.02. The van der Waals surface area contributed by atoms with E-state index >= 15 is 0 Å². The summed E-state index contributed by atoms with van der Waals surface area (Å²) in [6.07, 6.45) is 6.99. The topological polar surface area (TPSA) is 64.3 Å². The van der Waals surface area contributed by atoms with Crippen LogP contribution in [0.15, 0.2) is 43.0 Å². The minimum atomic E-state index is 0.491. The van der Waals surface area contributed by atoms with Crippen LogP contribution in [-0.4, -0.2) is 26.7 Å². The average Bonchev–Trinajstić information content (AvgIpc) is 2.89. The summed E-state index contributed by atoms with van der Waals surface area (Å²) in [5, 5.41) is 7.49. The number of hydrogen-bond donors (Lipinski definition) is 1. The molecule has 0 amide bonds. The molecule has 0 saturated carbocycles. The van der Waals surface area contributed by atoms with Crippen molar-refractivity contribution in [1.82, 2.24) is 19.6 Å². The monoisotopic (exact) mass is 255 g/mol. The van der Waals surface area contributed by atoms with E-state index in [4.69, 9.17) is 4.74 Å². The van der Waals surface area contributed by atoms with Crippen LogP contribution < -0.4 is 10.1 Å². The van der Waals surface area contributed by atoms with Gasteiger partial charge in [0.15, 0.2) is 0 Å². The highest BCUT2D eigenvalue weighted by molar-refractivity contribution is 5.54. The number of nitrogens with zero attached hydrogens (tertiary/aromatic N) is 4. The molecule has 0 fully saturated rings. The van der Waals surface area contributed by atoms with Gasteiger partial charge in [-0.2, -0.15) is 10.1 Å². The molecule has 0 saturated heterocycles. The van der Waals surface area contributed by atoms with Crippen molar-refractivity contribution in [2.75, 3.05) is 12.4 Å². The summed E-state index contributed by atoms with van der Waals surface area (Å²) in [5.41, 5.74) is 2.18. The van der Waals surface area contributed by atoms with Crippen molar-refractivity contribution >= 4 is 11.3 Å². The zero-order chi connectivity index (χ0) is 13.1. The van der Waals surface area contributed by atoms with Crippen LogP contribution in [0.4, 0.5) is 5.82 Å². The predicted molar refractivity (Wildman–Crippen MR) is 71.1 cm³/mol. The number of anilines is 1. The van der Waals surface area contributed by atoms with Gasteiger partial charge in [-0.3, -0.25) is 4.98 Å². The molecule has 0 radical (unpaired) electrons. The first-order valence-electron chi connectivity index (χ1n) is 5.88. The molecular formula is C13H13N5O. The highest BCUT2D eigenvalue weighted by atomic mass is 16.5. The Hall–Kier alpha value is -2.63. The smallest absolute Gasteiger partial charge is 0.233 e. The number of hydrogen-bond acceptors (Lipinski definition) is 5. The molecule has 0 spiro atoms. The fourth-order valence-corrected chi connectivity index (χ4v) is 1.84. The van der Waals surface area contributed by atoms with Crippen molar-refractivity contribution in [3.05, 3.63) is 48.5 Å². The van der Waals surface area contributed by atoms with Crippen molar-refractivity contribution in [3.63, 3.8) is 0 Å². The second-order valence-corrected chi connectivity index (χ2v) is 4.00. The second kappa shape index (κ2) is 4.93.